The second-order valence-corrected chi connectivity index (χ2v) is 6.35. The SMILES string of the molecule is CCN1C(=O)/C(=C\c2ccc(COc3cccc(Cl)c3Cl)o2)NC1=S. The maximum Gasteiger partial charge on any atom is 0.276 e. The summed E-state index contributed by atoms with van der Waals surface area (Å²) in [5.74, 6) is 1.41. The molecule has 0 atom stereocenters. The molecular formula is C17H14Cl2N2O3S. The lowest BCUT2D eigenvalue weighted by Crippen LogP contribution is -2.30. The first-order valence-electron chi connectivity index (χ1n) is 7.49. The molecule has 1 aromatic carbocycles. The Bertz CT molecular complexity index is 863. The van der Waals surface area contributed by atoms with Crippen molar-refractivity contribution in [2.75, 3.05) is 6.54 Å². The van der Waals surface area contributed by atoms with E-state index in [0.29, 0.717) is 44.7 Å². The number of hydrogen-bond donors (Lipinski definition) is 1. The Hall–Kier alpha value is -2.02. The van der Waals surface area contributed by atoms with E-state index in [4.69, 9.17) is 44.6 Å². The maximum atomic E-state index is 12.2. The number of likely N-dealkylation sites (N-methyl/N-ethyl adjacent to an activating group) is 1. The first-order valence-corrected chi connectivity index (χ1v) is 8.66. The molecule has 25 heavy (non-hydrogen) atoms. The molecule has 2 aromatic rings. The monoisotopic (exact) mass is 396 g/mol. The molecule has 1 aliphatic heterocycles. The Kier molecular flexibility index (Phi) is 5.32. The number of amides is 1. The van der Waals surface area contributed by atoms with Crippen LogP contribution in [0.15, 0.2) is 40.4 Å². The molecule has 1 fully saturated rings. The Labute approximate surface area is 160 Å². The first-order chi connectivity index (χ1) is 12.0. The molecule has 8 heteroatoms. The highest BCUT2D eigenvalue weighted by Gasteiger charge is 2.29. The third-order valence-electron chi connectivity index (χ3n) is 3.53. The fourth-order valence-electron chi connectivity index (χ4n) is 2.30. The molecule has 1 amide bonds. The molecule has 130 valence electrons. The number of carbonyl (C=O) groups is 1. The van der Waals surface area contributed by atoms with Crippen molar-refractivity contribution < 1.29 is 13.9 Å². The Morgan fingerprint density at radius 2 is 2.12 bits per heavy atom. The maximum absolute atomic E-state index is 12.2. The second kappa shape index (κ2) is 7.47. The number of carbonyl (C=O) groups excluding carboxylic acids is 1. The number of thiocarbonyl (C=S) groups is 1. The molecule has 0 aliphatic carbocycles. The number of nitrogens with one attached hydrogen (secondary N) is 1. The standard InChI is InChI=1S/C17H14Cl2N2O3S/c1-2-21-16(22)13(20-17(21)25)8-10-6-7-11(24-10)9-23-14-5-3-4-12(18)15(14)19/h3-8H,2,9H2,1H3,(H,20,25)/b13-8+. The van der Waals surface area contributed by atoms with Gasteiger partial charge in [-0.3, -0.25) is 9.69 Å². The van der Waals surface area contributed by atoms with Gasteiger partial charge >= 0.3 is 0 Å². The molecule has 0 radical (unpaired) electrons. The lowest BCUT2D eigenvalue weighted by Gasteiger charge is -2.08. The summed E-state index contributed by atoms with van der Waals surface area (Å²) in [7, 11) is 0. The molecule has 5 nitrogen and oxygen atoms in total. The average Bonchev–Trinajstić information content (AvgIpc) is 3.14. The smallest absolute Gasteiger partial charge is 0.276 e. The molecule has 0 bridgehead atoms. The van der Waals surface area contributed by atoms with Crippen LogP contribution < -0.4 is 10.1 Å². The number of furan rings is 1. The van der Waals surface area contributed by atoms with Gasteiger partial charge in [0.15, 0.2) is 5.11 Å². The van der Waals surface area contributed by atoms with Gasteiger partial charge in [-0.1, -0.05) is 29.3 Å². The second-order valence-electron chi connectivity index (χ2n) is 5.18. The summed E-state index contributed by atoms with van der Waals surface area (Å²) in [4.78, 5) is 13.6. The van der Waals surface area contributed by atoms with Crippen molar-refractivity contribution in [3.8, 4) is 5.75 Å². The third-order valence-corrected chi connectivity index (χ3v) is 4.66. The van der Waals surface area contributed by atoms with Crippen molar-refractivity contribution >= 4 is 52.5 Å². The zero-order valence-corrected chi connectivity index (χ0v) is 15.5. The molecule has 0 spiro atoms. The van der Waals surface area contributed by atoms with Gasteiger partial charge in [0.1, 0.15) is 34.6 Å². The van der Waals surface area contributed by atoms with Gasteiger partial charge in [0.25, 0.3) is 5.91 Å². The van der Waals surface area contributed by atoms with Crippen LogP contribution in [-0.4, -0.2) is 22.5 Å². The predicted molar refractivity (Wildman–Crippen MR) is 101 cm³/mol. The topological polar surface area (TPSA) is 54.7 Å². The summed E-state index contributed by atoms with van der Waals surface area (Å²) in [5.41, 5.74) is 0.381. The fraction of sp³-hybridized carbons (Fsp3) is 0.176. The Balaban J connectivity index is 1.69. The molecule has 1 N–H and O–H groups in total. The quantitative estimate of drug-likeness (QED) is 0.604. The number of benzene rings is 1. The van der Waals surface area contributed by atoms with Crippen LogP contribution in [0.25, 0.3) is 6.08 Å². The summed E-state index contributed by atoms with van der Waals surface area (Å²) in [6.07, 6.45) is 1.61. The molecule has 1 aliphatic rings. The minimum absolute atomic E-state index is 0.174. The average molecular weight is 397 g/mol. The van der Waals surface area contributed by atoms with Crippen LogP contribution in [0.1, 0.15) is 18.4 Å². The zero-order valence-electron chi connectivity index (χ0n) is 13.2. The van der Waals surface area contributed by atoms with Crippen LogP contribution in [0.4, 0.5) is 0 Å². The number of nitrogens with zero attached hydrogens (tertiary/aromatic N) is 1. The molecule has 0 saturated carbocycles. The minimum atomic E-state index is -0.174. The van der Waals surface area contributed by atoms with Crippen LogP contribution in [0.2, 0.25) is 10.0 Å². The van der Waals surface area contributed by atoms with Crippen molar-refractivity contribution in [1.29, 1.82) is 0 Å². The highest BCUT2D eigenvalue weighted by Crippen LogP contribution is 2.32. The number of rotatable bonds is 5. The number of hydrogen-bond acceptors (Lipinski definition) is 4. The van der Waals surface area contributed by atoms with Crippen molar-refractivity contribution in [2.45, 2.75) is 13.5 Å². The van der Waals surface area contributed by atoms with Crippen molar-refractivity contribution in [3.05, 3.63) is 57.6 Å². The van der Waals surface area contributed by atoms with E-state index in [1.54, 1.807) is 36.4 Å². The van der Waals surface area contributed by atoms with E-state index < -0.39 is 0 Å². The molecule has 0 unspecified atom stereocenters. The van der Waals surface area contributed by atoms with Crippen LogP contribution >= 0.6 is 35.4 Å². The minimum Gasteiger partial charge on any atom is -0.484 e. The van der Waals surface area contributed by atoms with Crippen LogP contribution in [0.3, 0.4) is 0 Å². The van der Waals surface area contributed by atoms with Gasteiger partial charge in [0, 0.05) is 12.6 Å². The predicted octanol–water partition coefficient (Wildman–Crippen LogP) is 4.24. The highest BCUT2D eigenvalue weighted by atomic mass is 35.5. The van der Waals surface area contributed by atoms with Gasteiger partial charge < -0.3 is 14.5 Å². The summed E-state index contributed by atoms with van der Waals surface area (Å²) in [5, 5.41) is 4.05. The first kappa shape index (κ1) is 17.8. The van der Waals surface area contributed by atoms with E-state index in [0.717, 1.165) is 0 Å². The number of halogens is 2. The Morgan fingerprint density at radius 1 is 1.32 bits per heavy atom. The van der Waals surface area contributed by atoms with Gasteiger partial charge in [0.2, 0.25) is 0 Å². The lowest BCUT2D eigenvalue weighted by molar-refractivity contribution is -0.122. The molecule has 1 saturated heterocycles. The van der Waals surface area contributed by atoms with Crippen LogP contribution in [-0.2, 0) is 11.4 Å². The van der Waals surface area contributed by atoms with Gasteiger partial charge in [0.05, 0.1) is 5.02 Å². The largest absolute Gasteiger partial charge is 0.484 e. The molecule has 1 aromatic heterocycles. The summed E-state index contributed by atoms with van der Waals surface area (Å²) in [6.45, 7) is 2.56. The van der Waals surface area contributed by atoms with Crippen molar-refractivity contribution in [2.24, 2.45) is 0 Å². The third kappa shape index (κ3) is 3.81. The van der Waals surface area contributed by atoms with E-state index in [1.807, 2.05) is 6.92 Å². The van der Waals surface area contributed by atoms with Crippen LogP contribution in [0.5, 0.6) is 5.75 Å². The molecular weight excluding hydrogens is 383 g/mol. The molecule has 3 rings (SSSR count). The van der Waals surface area contributed by atoms with Gasteiger partial charge in [-0.25, -0.2) is 0 Å². The fourth-order valence-corrected chi connectivity index (χ4v) is 2.96. The van der Waals surface area contributed by atoms with Crippen molar-refractivity contribution in [3.63, 3.8) is 0 Å². The Morgan fingerprint density at radius 3 is 2.84 bits per heavy atom. The summed E-state index contributed by atoms with van der Waals surface area (Å²) >= 11 is 17.1. The van der Waals surface area contributed by atoms with E-state index in [2.05, 4.69) is 5.32 Å². The summed E-state index contributed by atoms with van der Waals surface area (Å²) in [6, 6.07) is 8.67. The van der Waals surface area contributed by atoms with Crippen LogP contribution in [0, 0.1) is 0 Å². The lowest BCUT2D eigenvalue weighted by atomic mass is 10.3. The van der Waals surface area contributed by atoms with Crippen molar-refractivity contribution in [1.82, 2.24) is 10.2 Å². The van der Waals surface area contributed by atoms with E-state index in [-0.39, 0.29) is 12.5 Å². The molecule has 2 heterocycles. The van der Waals surface area contributed by atoms with Gasteiger partial charge in [-0.15, -0.1) is 0 Å². The normalized spacial score (nSPS) is 15.8. The van der Waals surface area contributed by atoms with Gasteiger partial charge in [-0.2, -0.15) is 0 Å². The van der Waals surface area contributed by atoms with E-state index in [9.17, 15) is 4.79 Å². The number of ether oxygens (including phenoxy) is 1. The zero-order chi connectivity index (χ0) is 18.0. The van der Waals surface area contributed by atoms with Gasteiger partial charge in [-0.05, 0) is 43.4 Å². The van der Waals surface area contributed by atoms with E-state index in [1.165, 1.54) is 4.90 Å². The highest BCUT2D eigenvalue weighted by molar-refractivity contribution is 7.80. The van der Waals surface area contributed by atoms with E-state index >= 15 is 0 Å². The summed E-state index contributed by atoms with van der Waals surface area (Å²) < 4.78 is 11.3.